The SMILES string of the molecule is CCCCCCCCC(=O)OC(O)C(C)O. The largest absolute Gasteiger partial charge is 0.433 e. The van der Waals surface area contributed by atoms with Crippen LogP contribution >= 0.6 is 0 Å². The number of aliphatic hydroxyl groups is 2. The number of aliphatic hydroxyl groups excluding tert-OH is 2. The van der Waals surface area contributed by atoms with Gasteiger partial charge in [0.25, 0.3) is 0 Å². The molecule has 0 amide bonds. The second-order valence-corrected chi connectivity index (χ2v) is 4.14. The van der Waals surface area contributed by atoms with Gasteiger partial charge >= 0.3 is 5.97 Å². The fourth-order valence-corrected chi connectivity index (χ4v) is 1.34. The van der Waals surface area contributed by atoms with Crippen molar-refractivity contribution >= 4 is 5.97 Å². The molecule has 96 valence electrons. The molecule has 0 radical (unpaired) electrons. The molecule has 0 aliphatic heterocycles. The van der Waals surface area contributed by atoms with Crippen LogP contribution in [0.25, 0.3) is 0 Å². The smallest absolute Gasteiger partial charge is 0.308 e. The molecule has 4 nitrogen and oxygen atoms in total. The number of esters is 1. The zero-order chi connectivity index (χ0) is 12.4. The maximum atomic E-state index is 11.2. The van der Waals surface area contributed by atoms with Crippen LogP contribution in [0.5, 0.6) is 0 Å². The molecule has 0 rings (SSSR count). The van der Waals surface area contributed by atoms with E-state index in [4.69, 9.17) is 10.2 Å². The van der Waals surface area contributed by atoms with E-state index in [1.807, 2.05) is 0 Å². The maximum absolute atomic E-state index is 11.2. The van der Waals surface area contributed by atoms with Crippen molar-refractivity contribution in [2.75, 3.05) is 0 Å². The van der Waals surface area contributed by atoms with Gasteiger partial charge in [-0.1, -0.05) is 39.0 Å². The van der Waals surface area contributed by atoms with E-state index in [0.717, 1.165) is 19.3 Å². The fourth-order valence-electron chi connectivity index (χ4n) is 1.34. The van der Waals surface area contributed by atoms with Gasteiger partial charge in [0.1, 0.15) is 6.10 Å². The Bertz CT molecular complexity index is 180. The first-order valence-corrected chi connectivity index (χ1v) is 6.13. The molecule has 0 heterocycles. The summed E-state index contributed by atoms with van der Waals surface area (Å²) >= 11 is 0. The monoisotopic (exact) mass is 232 g/mol. The predicted molar refractivity (Wildman–Crippen MR) is 61.8 cm³/mol. The highest BCUT2D eigenvalue weighted by molar-refractivity contribution is 5.69. The van der Waals surface area contributed by atoms with Gasteiger partial charge in [0, 0.05) is 6.42 Å². The summed E-state index contributed by atoms with van der Waals surface area (Å²) in [4.78, 5) is 11.2. The van der Waals surface area contributed by atoms with Crippen molar-refractivity contribution in [3.63, 3.8) is 0 Å². The maximum Gasteiger partial charge on any atom is 0.308 e. The number of unbranched alkanes of at least 4 members (excludes halogenated alkanes) is 5. The molecular weight excluding hydrogens is 208 g/mol. The van der Waals surface area contributed by atoms with Gasteiger partial charge in [0.15, 0.2) is 0 Å². The lowest BCUT2D eigenvalue weighted by atomic mass is 10.1. The van der Waals surface area contributed by atoms with Crippen molar-refractivity contribution in [2.45, 2.75) is 71.2 Å². The van der Waals surface area contributed by atoms with Crippen LogP contribution in [-0.2, 0) is 9.53 Å². The van der Waals surface area contributed by atoms with Gasteiger partial charge in [-0.25, -0.2) is 0 Å². The average Bonchev–Trinajstić information content (AvgIpc) is 2.23. The Morgan fingerprint density at radius 3 is 2.25 bits per heavy atom. The molecular formula is C12H24O4. The molecule has 0 aromatic heterocycles. The van der Waals surface area contributed by atoms with Crippen molar-refractivity contribution < 1.29 is 19.7 Å². The van der Waals surface area contributed by atoms with Gasteiger partial charge in [0.05, 0.1) is 0 Å². The van der Waals surface area contributed by atoms with Crippen molar-refractivity contribution in [3.05, 3.63) is 0 Å². The van der Waals surface area contributed by atoms with Crippen molar-refractivity contribution in [1.82, 2.24) is 0 Å². The summed E-state index contributed by atoms with van der Waals surface area (Å²) in [6, 6.07) is 0. The van der Waals surface area contributed by atoms with E-state index in [-0.39, 0.29) is 0 Å². The summed E-state index contributed by atoms with van der Waals surface area (Å²) in [5, 5.41) is 18.0. The highest BCUT2D eigenvalue weighted by Gasteiger charge is 2.15. The first kappa shape index (κ1) is 15.4. The average molecular weight is 232 g/mol. The van der Waals surface area contributed by atoms with Gasteiger partial charge in [-0.05, 0) is 13.3 Å². The molecule has 0 aromatic carbocycles. The first-order valence-electron chi connectivity index (χ1n) is 6.13. The lowest BCUT2D eigenvalue weighted by Gasteiger charge is -2.14. The Balaban J connectivity index is 3.37. The third-order valence-corrected chi connectivity index (χ3v) is 2.40. The molecule has 2 unspecified atom stereocenters. The summed E-state index contributed by atoms with van der Waals surface area (Å²) in [7, 11) is 0. The number of carbonyl (C=O) groups excluding carboxylic acids is 1. The Morgan fingerprint density at radius 2 is 1.69 bits per heavy atom. The Labute approximate surface area is 97.6 Å². The number of carbonyl (C=O) groups is 1. The minimum atomic E-state index is -1.40. The van der Waals surface area contributed by atoms with Crippen LogP contribution in [-0.4, -0.2) is 28.6 Å². The number of hydrogen-bond acceptors (Lipinski definition) is 4. The topological polar surface area (TPSA) is 66.8 Å². The molecule has 0 fully saturated rings. The van der Waals surface area contributed by atoms with Crippen LogP contribution in [0, 0.1) is 0 Å². The van der Waals surface area contributed by atoms with Gasteiger partial charge in [-0.15, -0.1) is 0 Å². The summed E-state index contributed by atoms with van der Waals surface area (Å²) in [6.07, 6.45) is 4.49. The second-order valence-electron chi connectivity index (χ2n) is 4.14. The quantitative estimate of drug-likeness (QED) is 0.362. The van der Waals surface area contributed by atoms with Gasteiger partial charge in [-0.2, -0.15) is 0 Å². The third kappa shape index (κ3) is 8.68. The van der Waals surface area contributed by atoms with Crippen LogP contribution in [0.3, 0.4) is 0 Å². The lowest BCUT2D eigenvalue weighted by molar-refractivity contribution is -0.184. The summed E-state index contributed by atoms with van der Waals surface area (Å²) < 4.78 is 4.61. The Kier molecular flexibility index (Phi) is 9.24. The van der Waals surface area contributed by atoms with Gasteiger partial charge in [-0.3, -0.25) is 4.79 Å². The van der Waals surface area contributed by atoms with Crippen LogP contribution in [0.4, 0.5) is 0 Å². The van der Waals surface area contributed by atoms with E-state index in [2.05, 4.69) is 11.7 Å². The van der Waals surface area contributed by atoms with Crippen LogP contribution < -0.4 is 0 Å². The van der Waals surface area contributed by atoms with Crippen LogP contribution in [0.2, 0.25) is 0 Å². The van der Waals surface area contributed by atoms with Crippen molar-refractivity contribution in [1.29, 1.82) is 0 Å². The lowest BCUT2D eigenvalue weighted by Crippen LogP contribution is -2.28. The zero-order valence-electron chi connectivity index (χ0n) is 10.3. The zero-order valence-corrected chi connectivity index (χ0v) is 10.3. The minimum Gasteiger partial charge on any atom is -0.433 e. The normalized spacial score (nSPS) is 14.5. The molecule has 2 N–H and O–H groups in total. The highest BCUT2D eigenvalue weighted by atomic mass is 16.6. The number of ether oxygens (including phenoxy) is 1. The summed E-state index contributed by atoms with van der Waals surface area (Å²) in [5.41, 5.74) is 0. The van der Waals surface area contributed by atoms with E-state index in [0.29, 0.717) is 6.42 Å². The highest BCUT2D eigenvalue weighted by Crippen LogP contribution is 2.08. The van der Waals surface area contributed by atoms with E-state index in [9.17, 15) is 4.79 Å². The van der Waals surface area contributed by atoms with E-state index >= 15 is 0 Å². The van der Waals surface area contributed by atoms with E-state index in [1.54, 1.807) is 0 Å². The molecule has 0 aliphatic carbocycles. The number of hydrogen-bond donors (Lipinski definition) is 2. The number of rotatable bonds is 9. The molecule has 0 bridgehead atoms. The summed E-state index contributed by atoms with van der Waals surface area (Å²) in [6.45, 7) is 3.54. The van der Waals surface area contributed by atoms with Crippen LogP contribution in [0.15, 0.2) is 0 Å². The summed E-state index contributed by atoms with van der Waals surface area (Å²) in [5.74, 6) is -0.441. The minimum absolute atomic E-state index is 0.315. The van der Waals surface area contributed by atoms with Crippen molar-refractivity contribution in [2.24, 2.45) is 0 Å². The third-order valence-electron chi connectivity index (χ3n) is 2.40. The predicted octanol–water partition coefficient (Wildman–Crippen LogP) is 1.98. The molecule has 0 spiro atoms. The molecule has 2 atom stereocenters. The first-order chi connectivity index (χ1) is 7.57. The van der Waals surface area contributed by atoms with E-state index in [1.165, 1.54) is 26.2 Å². The van der Waals surface area contributed by atoms with E-state index < -0.39 is 18.4 Å². The van der Waals surface area contributed by atoms with Crippen LogP contribution in [0.1, 0.15) is 58.8 Å². The molecule has 4 heteroatoms. The molecule has 0 saturated heterocycles. The second kappa shape index (κ2) is 9.60. The molecule has 16 heavy (non-hydrogen) atoms. The van der Waals surface area contributed by atoms with Crippen molar-refractivity contribution in [3.8, 4) is 0 Å². The molecule has 0 aromatic rings. The fraction of sp³-hybridized carbons (Fsp3) is 0.917. The van der Waals surface area contributed by atoms with Gasteiger partial charge < -0.3 is 14.9 Å². The molecule has 0 saturated carbocycles. The van der Waals surface area contributed by atoms with Gasteiger partial charge in [0.2, 0.25) is 6.29 Å². The molecule has 0 aliphatic rings. The Morgan fingerprint density at radius 1 is 1.12 bits per heavy atom. The Hall–Kier alpha value is -0.610. The standard InChI is InChI=1S/C12H24O4/c1-3-4-5-6-7-8-9-11(14)16-12(15)10(2)13/h10,12-13,15H,3-9H2,1-2H3.